The van der Waals surface area contributed by atoms with Gasteiger partial charge in [-0.05, 0) is 38.2 Å². The van der Waals surface area contributed by atoms with Crippen molar-refractivity contribution in [3.8, 4) is 0 Å². The van der Waals surface area contributed by atoms with Crippen molar-refractivity contribution in [3.63, 3.8) is 0 Å². The quantitative estimate of drug-likeness (QED) is 0.838. The van der Waals surface area contributed by atoms with Crippen molar-refractivity contribution in [1.82, 2.24) is 9.88 Å². The highest BCUT2D eigenvalue weighted by atomic mass is 16.2. The van der Waals surface area contributed by atoms with Gasteiger partial charge >= 0.3 is 0 Å². The fourth-order valence-electron chi connectivity index (χ4n) is 3.85. The van der Waals surface area contributed by atoms with E-state index in [9.17, 15) is 4.79 Å². The van der Waals surface area contributed by atoms with E-state index in [-0.39, 0.29) is 11.9 Å². The zero-order chi connectivity index (χ0) is 15.4. The molecule has 4 nitrogen and oxygen atoms in total. The first-order valence-corrected chi connectivity index (χ1v) is 8.74. The minimum Gasteiger partial charge on any atom is -0.356 e. The Bertz CT molecular complexity index is 509. The van der Waals surface area contributed by atoms with Gasteiger partial charge in [-0.2, -0.15) is 0 Å². The Morgan fingerprint density at radius 3 is 2.55 bits per heavy atom. The van der Waals surface area contributed by atoms with E-state index in [4.69, 9.17) is 4.98 Å². The molecule has 0 aromatic carbocycles. The van der Waals surface area contributed by atoms with Crippen LogP contribution in [0.25, 0.3) is 0 Å². The zero-order valence-corrected chi connectivity index (χ0v) is 13.6. The average molecular weight is 301 g/mol. The highest BCUT2D eigenvalue weighted by Crippen LogP contribution is 2.36. The normalized spacial score (nSPS) is 23.2. The number of pyridine rings is 1. The molecule has 0 bridgehead atoms. The Morgan fingerprint density at radius 1 is 1.09 bits per heavy atom. The van der Waals surface area contributed by atoms with Crippen LogP contribution in [-0.4, -0.2) is 35.4 Å². The van der Waals surface area contributed by atoms with Crippen LogP contribution in [0.1, 0.15) is 63.5 Å². The van der Waals surface area contributed by atoms with Gasteiger partial charge in [0.05, 0.1) is 6.04 Å². The molecule has 0 saturated carbocycles. The van der Waals surface area contributed by atoms with Gasteiger partial charge in [0.25, 0.3) is 0 Å². The summed E-state index contributed by atoms with van der Waals surface area (Å²) in [5.41, 5.74) is 1.25. The van der Waals surface area contributed by atoms with Crippen molar-refractivity contribution in [1.29, 1.82) is 0 Å². The fraction of sp³-hybridized carbons (Fsp3) is 0.667. The van der Waals surface area contributed by atoms with Gasteiger partial charge < -0.3 is 9.80 Å². The molecule has 22 heavy (non-hydrogen) atoms. The summed E-state index contributed by atoms with van der Waals surface area (Å²) in [6, 6.07) is 4.40. The number of hydrogen-bond donors (Lipinski definition) is 0. The molecule has 2 aliphatic heterocycles. The van der Waals surface area contributed by atoms with Crippen LogP contribution in [0, 0.1) is 0 Å². The van der Waals surface area contributed by atoms with Gasteiger partial charge in [-0.1, -0.05) is 18.9 Å². The van der Waals surface area contributed by atoms with Crippen LogP contribution >= 0.6 is 0 Å². The van der Waals surface area contributed by atoms with Crippen LogP contribution in [0.4, 0.5) is 5.82 Å². The Hall–Kier alpha value is -1.58. The molecule has 120 valence electrons. The van der Waals surface area contributed by atoms with E-state index in [0.29, 0.717) is 0 Å². The standard InChI is InChI=1S/C18H27N3O/c1-15(22)21-14-7-4-10-17(21)16-9-8-11-19-18(16)20-12-5-2-3-6-13-20/h8-9,11,17H,2-7,10,12-14H2,1H3/t17-/m0/s1. The summed E-state index contributed by atoms with van der Waals surface area (Å²) in [5, 5.41) is 0. The first kappa shape index (κ1) is 15.3. The van der Waals surface area contributed by atoms with Crippen molar-refractivity contribution in [2.24, 2.45) is 0 Å². The lowest BCUT2D eigenvalue weighted by Crippen LogP contribution is -2.38. The number of aromatic nitrogens is 1. The van der Waals surface area contributed by atoms with Crippen LogP contribution in [-0.2, 0) is 4.79 Å². The predicted molar refractivity (Wildman–Crippen MR) is 88.9 cm³/mol. The van der Waals surface area contributed by atoms with Crippen molar-refractivity contribution >= 4 is 11.7 Å². The van der Waals surface area contributed by atoms with Crippen LogP contribution < -0.4 is 4.90 Å². The molecule has 3 rings (SSSR count). The third-order valence-electron chi connectivity index (χ3n) is 4.99. The lowest BCUT2D eigenvalue weighted by Gasteiger charge is -2.37. The SMILES string of the molecule is CC(=O)N1CCCC[C@H]1c1cccnc1N1CCCCCC1. The monoisotopic (exact) mass is 301 g/mol. The van der Waals surface area contributed by atoms with Gasteiger partial charge in [0.15, 0.2) is 0 Å². The summed E-state index contributed by atoms with van der Waals surface area (Å²) < 4.78 is 0. The Morgan fingerprint density at radius 2 is 1.82 bits per heavy atom. The molecule has 0 spiro atoms. The number of rotatable bonds is 2. The molecule has 2 saturated heterocycles. The van der Waals surface area contributed by atoms with E-state index in [1.807, 2.05) is 17.2 Å². The maximum absolute atomic E-state index is 12.0. The number of carbonyl (C=O) groups excluding carboxylic acids is 1. The van der Waals surface area contributed by atoms with Crippen molar-refractivity contribution in [2.75, 3.05) is 24.5 Å². The zero-order valence-electron chi connectivity index (χ0n) is 13.6. The average Bonchev–Trinajstić information content (AvgIpc) is 2.84. The highest BCUT2D eigenvalue weighted by molar-refractivity contribution is 5.74. The molecular formula is C18H27N3O. The number of nitrogens with zero attached hydrogens (tertiary/aromatic N) is 3. The summed E-state index contributed by atoms with van der Waals surface area (Å²) in [6.45, 7) is 4.77. The molecule has 1 aromatic heterocycles. The molecule has 2 aliphatic rings. The third-order valence-corrected chi connectivity index (χ3v) is 4.99. The summed E-state index contributed by atoms with van der Waals surface area (Å²) in [6.07, 6.45) is 10.4. The summed E-state index contributed by atoms with van der Waals surface area (Å²) >= 11 is 0. The molecular weight excluding hydrogens is 274 g/mol. The number of amides is 1. The van der Waals surface area contributed by atoms with Gasteiger partial charge in [0.1, 0.15) is 5.82 Å². The first-order valence-electron chi connectivity index (χ1n) is 8.74. The van der Waals surface area contributed by atoms with Crippen LogP contribution in [0.3, 0.4) is 0 Å². The van der Waals surface area contributed by atoms with Gasteiger partial charge in [0, 0.05) is 38.3 Å². The second-order valence-corrected chi connectivity index (χ2v) is 6.54. The van der Waals surface area contributed by atoms with Crippen LogP contribution in [0.15, 0.2) is 18.3 Å². The Labute approximate surface area is 133 Å². The number of piperidine rings is 1. The maximum Gasteiger partial charge on any atom is 0.219 e. The molecule has 4 heteroatoms. The Balaban J connectivity index is 1.90. The summed E-state index contributed by atoms with van der Waals surface area (Å²) in [4.78, 5) is 21.2. The van der Waals surface area contributed by atoms with E-state index in [0.717, 1.165) is 38.3 Å². The largest absolute Gasteiger partial charge is 0.356 e. The Kier molecular flexibility index (Phi) is 4.96. The number of likely N-dealkylation sites (tertiary alicyclic amines) is 1. The number of hydrogen-bond acceptors (Lipinski definition) is 3. The van der Waals surface area contributed by atoms with Gasteiger partial charge in [-0.25, -0.2) is 4.98 Å². The van der Waals surface area contributed by atoms with Crippen molar-refractivity contribution < 1.29 is 4.79 Å². The van der Waals surface area contributed by atoms with E-state index < -0.39 is 0 Å². The lowest BCUT2D eigenvalue weighted by molar-refractivity contribution is -0.132. The molecule has 0 unspecified atom stereocenters. The van der Waals surface area contributed by atoms with Crippen molar-refractivity contribution in [2.45, 2.75) is 57.9 Å². The predicted octanol–water partition coefficient (Wildman–Crippen LogP) is 3.54. The number of anilines is 1. The molecule has 1 aromatic rings. The van der Waals surface area contributed by atoms with Crippen LogP contribution in [0.2, 0.25) is 0 Å². The van der Waals surface area contributed by atoms with Gasteiger partial charge in [-0.3, -0.25) is 4.79 Å². The summed E-state index contributed by atoms with van der Waals surface area (Å²) in [5.74, 6) is 1.30. The second-order valence-electron chi connectivity index (χ2n) is 6.54. The number of carbonyl (C=O) groups is 1. The van der Waals surface area contributed by atoms with Crippen molar-refractivity contribution in [3.05, 3.63) is 23.9 Å². The van der Waals surface area contributed by atoms with E-state index >= 15 is 0 Å². The lowest BCUT2D eigenvalue weighted by atomic mass is 9.95. The molecule has 0 radical (unpaired) electrons. The molecule has 3 heterocycles. The highest BCUT2D eigenvalue weighted by Gasteiger charge is 2.29. The molecule has 0 aliphatic carbocycles. The second kappa shape index (κ2) is 7.12. The maximum atomic E-state index is 12.0. The van der Waals surface area contributed by atoms with Gasteiger partial charge in [0.2, 0.25) is 5.91 Å². The van der Waals surface area contributed by atoms with E-state index in [2.05, 4.69) is 11.0 Å². The molecule has 1 amide bonds. The summed E-state index contributed by atoms with van der Waals surface area (Å²) in [7, 11) is 0. The minimum absolute atomic E-state index is 0.190. The van der Waals surface area contributed by atoms with Gasteiger partial charge in [-0.15, -0.1) is 0 Å². The van der Waals surface area contributed by atoms with E-state index in [1.54, 1.807) is 6.92 Å². The third kappa shape index (κ3) is 3.26. The molecule has 0 N–H and O–H groups in total. The molecule has 2 fully saturated rings. The fourth-order valence-corrected chi connectivity index (χ4v) is 3.85. The van der Waals surface area contributed by atoms with Crippen LogP contribution in [0.5, 0.6) is 0 Å². The molecule has 1 atom stereocenters. The topological polar surface area (TPSA) is 36.4 Å². The first-order chi connectivity index (χ1) is 10.8. The minimum atomic E-state index is 0.190. The smallest absolute Gasteiger partial charge is 0.219 e. The van der Waals surface area contributed by atoms with E-state index in [1.165, 1.54) is 37.7 Å².